The second-order valence-corrected chi connectivity index (χ2v) is 29.5. The van der Waals surface area contributed by atoms with Gasteiger partial charge in [0.2, 0.25) is 0 Å². The number of aliphatic hydroxyl groups is 1. The van der Waals surface area contributed by atoms with Gasteiger partial charge in [0, 0.05) is 25.7 Å². The van der Waals surface area contributed by atoms with Crippen LogP contribution in [0.2, 0.25) is 0 Å². The molecule has 3 unspecified atom stereocenters. The summed E-state index contributed by atoms with van der Waals surface area (Å²) in [5, 5.41) is 10.7. The van der Waals surface area contributed by atoms with Crippen LogP contribution in [0.1, 0.15) is 310 Å². The molecule has 5 atom stereocenters. The lowest BCUT2D eigenvalue weighted by atomic mass is 10.1. The highest BCUT2D eigenvalue weighted by Crippen LogP contribution is 2.45. The molecule has 0 aliphatic rings. The van der Waals surface area contributed by atoms with Crippen LogP contribution >= 0.6 is 15.6 Å². The van der Waals surface area contributed by atoms with E-state index in [4.69, 9.17) is 37.0 Å². The lowest BCUT2D eigenvalue weighted by molar-refractivity contribution is -0.161. The zero-order valence-corrected chi connectivity index (χ0v) is 67.8. The quantitative estimate of drug-likeness (QED) is 0.0169. The van der Waals surface area contributed by atoms with Crippen LogP contribution in [-0.2, 0) is 65.4 Å². The summed E-state index contributed by atoms with van der Waals surface area (Å²) >= 11 is 0. The molecule has 0 aliphatic heterocycles. The number of hydrogen-bond acceptors (Lipinski definition) is 15. The molecule has 0 radical (unpaired) electrons. The van der Waals surface area contributed by atoms with Crippen LogP contribution in [-0.4, -0.2) is 96.7 Å². The molecule has 0 aromatic carbocycles. The first-order chi connectivity index (χ1) is 51.7. The molecule has 0 saturated heterocycles. The molecule has 0 aromatic rings. The molecule has 0 aliphatic carbocycles. The Morgan fingerprint density at radius 1 is 0.274 bits per heavy atom. The van der Waals surface area contributed by atoms with Gasteiger partial charge in [-0.15, -0.1) is 0 Å². The van der Waals surface area contributed by atoms with Gasteiger partial charge in [-0.2, -0.15) is 0 Å². The van der Waals surface area contributed by atoms with Crippen molar-refractivity contribution in [2.45, 2.75) is 329 Å². The number of unbranched alkanes of at least 4 members (excludes halogenated alkanes) is 23. The maximum atomic E-state index is 13.1. The second kappa shape index (κ2) is 77.8. The molecule has 0 fully saturated rings. The Morgan fingerprint density at radius 2 is 0.509 bits per heavy atom. The molecule has 106 heavy (non-hydrogen) atoms. The highest BCUT2D eigenvalue weighted by Gasteiger charge is 2.30. The standard InChI is InChI=1S/C87H144O17P2/c1-5-9-13-17-21-25-29-33-37-39-40-42-45-48-52-56-60-64-68-72-85(90)98-78-83(104-87(92)74-70-66-62-58-54-50-46-41-38-34-30-26-22-18-14-10-6-2)80-102-106(95,96)100-76-81(88)75-99-105(93,94)101-79-82(103-86(91)73-69-65-61-57-53-49-44-36-32-28-24-20-16-12-8-4)77-97-84(89)71-67-63-59-55-51-47-43-35-31-27-23-19-15-11-7-3/h9,13,21-28,33-38,40,42-44,46,48,50,52,60,64,81-83,88H,5-8,10-12,14-20,29-32,39,41,45,47,49,51,53-59,61-63,65-80H2,1-4H3,(H,93,94)(H,95,96)/t81?,82-,83-/m1/s1. The SMILES string of the molecule is CCC=CCC=CCC=CCC=CCC=CCC=CCCC(=O)OC[C@H](COP(=O)(O)OCC(O)COP(=O)(O)OC[C@@H](COC(=O)CCCCCCCC=CCC=CCCCCC)OC(=O)CCCCCCCC=CCC=CCCCCC)OC(=O)CCCCCCC=CCC=CCC=CCCCCC. The van der Waals surface area contributed by atoms with Crippen LogP contribution in [0.15, 0.2) is 158 Å². The van der Waals surface area contributed by atoms with E-state index in [-0.39, 0.29) is 25.7 Å². The minimum atomic E-state index is -5.01. The van der Waals surface area contributed by atoms with Crippen molar-refractivity contribution in [3.8, 4) is 0 Å². The van der Waals surface area contributed by atoms with Crippen LogP contribution in [0, 0.1) is 0 Å². The lowest BCUT2D eigenvalue weighted by Gasteiger charge is -2.21. The van der Waals surface area contributed by atoms with E-state index in [1.807, 2.05) is 18.2 Å². The molecule has 0 amide bonds. The van der Waals surface area contributed by atoms with E-state index in [0.29, 0.717) is 32.1 Å². The van der Waals surface area contributed by atoms with Gasteiger partial charge in [0.25, 0.3) is 0 Å². The summed E-state index contributed by atoms with van der Waals surface area (Å²) in [6.07, 6.45) is 90.8. The van der Waals surface area contributed by atoms with Crippen molar-refractivity contribution in [1.29, 1.82) is 0 Å². The smallest absolute Gasteiger partial charge is 0.462 e. The van der Waals surface area contributed by atoms with Crippen LogP contribution in [0.4, 0.5) is 0 Å². The molecule has 3 N–H and O–H groups in total. The summed E-state index contributed by atoms with van der Waals surface area (Å²) in [6.45, 7) is 4.54. The lowest BCUT2D eigenvalue weighted by Crippen LogP contribution is -2.30. The summed E-state index contributed by atoms with van der Waals surface area (Å²) in [5.41, 5.74) is 0. The second-order valence-electron chi connectivity index (χ2n) is 26.6. The summed E-state index contributed by atoms with van der Waals surface area (Å²) in [7, 11) is -10.0. The molecule has 0 bridgehead atoms. The average Bonchev–Trinajstić information content (AvgIpc) is 0.902. The van der Waals surface area contributed by atoms with Crippen molar-refractivity contribution in [2.75, 3.05) is 39.6 Å². The molecule has 17 nitrogen and oxygen atoms in total. The first-order valence-corrected chi connectivity index (χ1v) is 43.7. The van der Waals surface area contributed by atoms with Gasteiger partial charge in [0.15, 0.2) is 12.2 Å². The van der Waals surface area contributed by atoms with Gasteiger partial charge in [-0.3, -0.25) is 37.3 Å². The van der Waals surface area contributed by atoms with Crippen molar-refractivity contribution in [3.05, 3.63) is 158 Å². The normalized spacial score (nSPS) is 14.7. The summed E-state index contributed by atoms with van der Waals surface area (Å²) < 4.78 is 68.5. The minimum absolute atomic E-state index is 0.0256. The Labute approximate surface area is 642 Å². The monoisotopic (exact) mass is 1520 g/mol. The van der Waals surface area contributed by atoms with Gasteiger partial charge in [-0.1, -0.05) is 276 Å². The van der Waals surface area contributed by atoms with Crippen molar-refractivity contribution in [3.63, 3.8) is 0 Å². The molecule has 604 valence electrons. The molecule has 0 heterocycles. The molecule has 0 saturated carbocycles. The minimum Gasteiger partial charge on any atom is -0.462 e. The van der Waals surface area contributed by atoms with E-state index in [9.17, 15) is 43.2 Å². The van der Waals surface area contributed by atoms with Crippen molar-refractivity contribution >= 4 is 39.5 Å². The van der Waals surface area contributed by atoms with Crippen LogP contribution in [0.5, 0.6) is 0 Å². The number of rotatable bonds is 75. The van der Waals surface area contributed by atoms with Crippen molar-refractivity contribution in [1.82, 2.24) is 0 Å². The van der Waals surface area contributed by atoms with Gasteiger partial charge >= 0.3 is 39.5 Å². The molecule has 0 rings (SSSR count). The molecular formula is C87H144O17P2. The number of phosphoric ester groups is 2. The van der Waals surface area contributed by atoms with Crippen LogP contribution in [0.25, 0.3) is 0 Å². The van der Waals surface area contributed by atoms with E-state index in [1.165, 1.54) is 57.8 Å². The zero-order valence-electron chi connectivity index (χ0n) is 66.1. The first-order valence-electron chi connectivity index (χ1n) is 40.7. The largest absolute Gasteiger partial charge is 0.472 e. The van der Waals surface area contributed by atoms with Crippen molar-refractivity contribution < 1.29 is 80.2 Å². The van der Waals surface area contributed by atoms with E-state index in [2.05, 4.69) is 167 Å². The number of aliphatic hydroxyl groups excluding tert-OH is 1. The highest BCUT2D eigenvalue weighted by atomic mass is 31.2. The van der Waals surface area contributed by atoms with Crippen molar-refractivity contribution in [2.24, 2.45) is 0 Å². The van der Waals surface area contributed by atoms with E-state index in [1.54, 1.807) is 0 Å². The number of phosphoric acid groups is 2. The molecule has 0 aromatic heterocycles. The predicted molar refractivity (Wildman–Crippen MR) is 436 cm³/mol. The third-order valence-corrected chi connectivity index (χ3v) is 18.4. The Morgan fingerprint density at radius 3 is 0.811 bits per heavy atom. The first kappa shape index (κ1) is 101. The number of carbonyl (C=O) groups excluding carboxylic acids is 4. The third kappa shape index (κ3) is 76.9. The molecule has 19 heteroatoms. The molecular weight excluding hydrogens is 1380 g/mol. The van der Waals surface area contributed by atoms with Gasteiger partial charge in [-0.25, -0.2) is 9.13 Å². The van der Waals surface area contributed by atoms with E-state index >= 15 is 0 Å². The third-order valence-electron chi connectivity index (χ3n) is 16.5. The number of esters is 4. The Hall–Kier alpha value is -5.32. The summed E-state index contributed by atoms with van der Waals surface area (Å²) in [6, 6.07) is 0. The fourth-order valence-electron chi connectivity index (χ4n) is 10.3. The topological polar surface area (TPSA) is 237 Å². The van der Waals surface area contributed by atoms with Crippen LogP contribution in [0.3, 0.4) is 0 Å². The van der Waals surface area contributed by atoms with Gasteiger partial charge in [0.05, 0.1) is 26.4 Å². The molecule has 0 spiro atoms. The number of ether oxygens (including phenoxy) is 4. The average molecular weight is 1520 g/mol. The Bertz CT molecular complexity index is 2630. The maximum absolute atomic E-state index is 13.1. The number of allylic oxidation sites excluding steroid dienone is 26. The predicted octanol–water partition coefficient (Wildman–Crippen LogP) is 24.0. The van der Waals surface area contributed by atoms with Gasteiger partial charge < -0.3 is 33.8 Å². The number of hydrogen-bond donors (Lipinski definition) is 3. The Balaban J connectivity index is 5.49. The van der Waals surface area contributed by atoms with Crippen LogP contribution < -0.4 is 0 Å². The fourth-order valence-corrected chi connectivity index (χ4v) is 11.8. The zero-order chi connectivity index (χ0) is 77.4. The summed E-state index contributed by atoms with van der Waals surface area (Å²) in [5.74, 6) is -2.33. The Kier molecular flexibility index (Phi) is 73.9. The van der Waals surface area contributed by atoms with Gasteiger partial charge in [0.1, 0.15) is 19.3 Å². The maximum Gasteiger partial charge on any atom is 0.472 e. The number of carbonyl (C=O) groups is 4. The fraction of sp³-hybridized carbons (Fsp3) is 0.655. The van der Waals surface area contributed by atoms with E-state index < -0.39 is 97.5 Å². The van der Waals surface area contributed by atoms with E-state index in [0.717, 1.165) is 167 Å². The highest BCUT2D eigenvalue weighted by molar-refractivity contribution is 7.47. The van der Waals surface area contributed by atoms with Gasteiger partial charge in [-0.05, 0) is 167 Å². The summed E-state index contributed by atoms with van der Waals surface area (Å²) in [4.78, 5) is 73.1.